The molecule has 0 saturated carbocycles. The van der Waals surface area contributed by atoms with Crippen molar-refractivity contribution >= 4 is 0 Å². The Bertz CT molecular complexity index is 147. The van der Waals surface area contributed by atoms with Crippen LogP contribution in [-0.2, 0) is 0 Å². The molecule has 2 nitrogen and oxygen atoms in total. The second-order valence-corrected chi connectivity index (χ2v) is 4.28. The Balaban J connectivity index is 1.84. The maximum absolute atomic E-state index is 3.30. The second-order valence-electron chi connectivity index (χ2n) is 4.28. The third-order valence-corrected chi connectivity index (χ3v) is 3.42. The molecule has 2 saturated heterocycles. The molecule has 2 heterocycles. The summed E-state index contributed by atoms with van der Waals surface area (Å²) in [6, 6.07) is 0.942. The molecule has 12 heavy (non-hydrogen) atoms. The van der Waals surface area contributed by atoms with Crippen LogP contribution in [0, 0.1) is 5.92 Å². The van der Waals surface area contributed by atoms with E-state index in [0.29, 0.717) is 0 Å². The third kappa shape index (κ3) is 1.64. The maximum atomic E-state index is 3.30. The summed E-state index contributed by atoms with van der Waals surface area (Å²) in [6.07, 6.45) is 5.76. The molecule has 2 unspecified atom stereocenters. The van der Waals surface area contributed by atoms with E-state index in [9.17, 15) is 0 Å². The molecular weight excluding hydrogens is 148 g/mol. The van der Waals surface area contributed by atoms with Crippen LogP contribution in [0.5, 0.6) is 0 Å². The number of nitrogens with one attached hydrogen (secondary N) is 1. The first-order valence-corrected chi connectivity index (χ1v) is 5.29. The van der Waals surface area contributed by atoms with E-state index >= 15 is 0 Å². The summed E-state index contributed by atoms with van der Waals surface area (Å²) >= 11 is 0. The molecular formula is C10H20N2. The minimum atomic E-state index is 0.942. The standard InChI is InChI=1S/C10H20N2/c1-11-8-9-4-6-12-5-2-3-10(12)7-9/h9-11H,2-8H2,1H3. The van der Waals surface area contributed by atoms with E-state index in [-0.39, 0.29) is 0 Å². The van der Waals surface area contributed by atoms with E-state index in [1.165, 1.54) is 45.3 Å². The fourth-order valence-electron chi connectivity index (χ4n) is 2.78. The zero-order valence-corrected chi connectivity index (χ0v) is 8.05. The summed E-state index contributed by atoms with van der Waals surface area (Å²) < 4.78 is 0. The summed E-state index contributed by atoms with van der Waals surface area (Å²) in [6.45, 7) is 3.96. The van der Waals surface area contributed by atoms with Gasteiger partial charge in [0, 0.05) is 6.04 Å². The number of piperidine rings is 1. The van der Waals surface area contributed by atoms with Gasteiger partial charge in [-0.05, 0) is 58.3 Å². The molecule has 0 bridgehead atoms. The van der Waals surface area contributed by atoms with Crippen molar-refractivity contribution in [3.8, 4) is 0 Å². The highest BCUT2D eigenvalue weighted by atomic mass is 15.2. The van der Waals surface area contributed by atoms with E-state index in [4.69, 9.17) is 0 Å². The van der Waals surface area contributed by atoms with Gasteiger partial charge in [0.15, 0.2) is 0 Å². The highest BCUT2D eigenvalue weighted by molar-refractivity contribution is 4.86. The minimum Gasteiger partial charge on any atom is -0.319 e. The molecule has 1 N–H and O–H groups in total. The number of hydrogen-bond acceptors (Lipinski definition) is 2. The maximum Gasteiger partial charge on any atom is 0.00988 e. The number of nitrogens with zero attached hydrogens (tertiary/aromatic N) is 1. The van der Waals surface area contributed by atoms with Crippen LogP contribution in [0.25, 0.3) is 0 Å². The van der Waals surface area contributed by atoms with Crippen LogP contribution in [0.2, 0.25) is 0 Å². The van der Waals surface area contributed by atoms with Crippen molar-refractivity contribution in [2.24, 2.45) is 5.92 Å². The van der Waals surface area contributed by atoms with Crippen molar-refractivity contribution in [1.29, 1.82) is 0 Å². The lowest BCUT2D eigenvalue weighted by Gasteiger charge is -2.34. The van der Waals surface area contributed by atoms with E-state index in [0.717, 1.165) is 12.0 Å². The van der Waals surface area contributed by atoms with Gasteiger partial charge in [0.25, 0.3) is 0 Å². The Labute approximate surface area is 75.3 Å². The first-order valence-electron chi connectivity index (χ1n) is 5.29. The van der Waals surface area contributed by atoms with Crippen LogP contribution < -0.4 is 5.32 Å². The third-order valence-electron chi connectivity index (χ3n) is 3.42. The molecule has 2 rings (SSSR count). The van der Waals surface area contributed by atoms with Gasteiger partial charge in [0.1, 0.15) is 0 Å². The molecule has 0 spiro atoms. The SMILES string of the molecule is CNCC1CCN2CCCC2C1. The molecule has 70 valence electrons. The van der Waals surface area contributed by atoms with E-state index in [1.807, 2.05) is 0 Å². The molecule has 0 amide bonds. The average molecular weight is 168 g/mol. The topological polar surface area (TPSA) is 15.3 Å². The average Bonchev–Trinajstić information content (AvgIpc) is 2.51. The fraction of sp³-hybridized carbons (Fsp3) is 1.00. The Kier molecular flexibility index (Phi) is 2.66. The Morgan fingerprint density at radius 1 is 1.33 bits per heavy atom. The number of hydrogen-bond donors (Lipinski definition) is 1. The first-order chi connectivity index (χ1) is 5.90. The van der Waals surface area contributed by atoms with Crippen molar-refractivity contribution in [2.75, 3.05) is 26.7 Å². The minimum absolute atomic E-state index is 0.942. The summed E-state index contributed by atoms with van der Waals surface area (Å²) in [4.78, 5) is 2.69. The zero-order chi connectivity index (χ0) is 8.39. The Morgan fingerprint density at radius 3 is 3.08 bits per heavy atom. The van der Waals surface area contributed by atoms with Crippen molar-refractivity contribution in [3.05, 3.63) is 0 Å². The van der Waals surface area contributed by atoms with Gasteiger partial charge in [-0.3, -0.25) is 0 Å². The molecule has 0 aromatic rings. The predicted molar refractivity (Wildman–Crippen MR) is 51.2 cm³/mol. The van der Waals surface area contributed by atoms with Crippen molar-refractivity contribution in [2.45, 2.75) is 31.7 Å². The van der Waals surface area contributed by atoms with Gasteiger partial charge < -0.3 is 10.2 Å². The smallest absolute Gasteiger partial charge is 0.00988 e. The lowest BCUT2D eigenvalue weighted by atomic mass is 9.91. The Morgan fingerprint density at radius 2 is 2.25 bits per heavy atom. The zero-order valence-electron chi connectivity index (χ0n) is 8.05. The summed E-state index contributed by atoms with van der Waals surface area (Å²) in [5, 5.41) is 3.30. The molecule has 0 aliphatic carbocycles. The van der Waals surface area contributed by atoms with Gasteiger partial charge in [0.05, 0.1) is 0 Å². The summed E-state index contributed by atoms with van der Waals surface area (Å²) in [5.74, 6) is 0.953. The second kappa shape index (κ2) is 3.75. The van der Waals surface area contributed by atoms with Crippen molar-refractivity contribution < 1.29 is 0 Å². The van der Waals surface area contributed by atoms with Crippen LogP contribution >= 0.6 is 0 Å². The largest absolute Gasteiger partial charge is 0.319 e. The molecule has 2 aliphatic heterocycles. The summed E-state index contributed by atoms with van der Waals surface area (Å²) in [5.41, 5.74) is 0. The van der Waals surface area contributed by atoms with E-state index < -0.39 is 0 Å². The van der Waals surface area contributed by atoms with Crippen molar-refractivity contribution in [1.82, 2.24) is 10.2 Å². The number of rotatable bonds is 2. The highest BCUT2D eigenvalue weighted by Gasteiger charge is 2.30. The molecule has 2 fully saturated rings. The number of fused-ring (bicyclic) bond motifs is 1. The van der Waals surface area contributed by atoms with Gasteiger partial charge >= 0.3 is 0 Å². The van der Waals surface area contributed by atoms with Gasteiger partial charge in [-0.1, -0.05) is 0 Å². The van der Waals surface area contributed by atoms with Gasteiger partial charge in [0.2, 0.25) is 0 Å². The quantitative estimate of drug-likeness (QED) is 0.664. The van der Waals surface area contributed by atoms with Crippen LogP contribution in [0.3, 0.4) is 0 Å². The van der Waals surface area contributed by atoms with Crippen LogP contribution in [-0.4, -0.2) is 37.6 Å². The molecule has 2 aliphatic rings. The highest BCUT2D eigenvalue weighted by Crippen LogP contribution is 2.29. The first kappa shape index (κ1) is 8.52. The van der Waals surface area contributed by atoms with Crippen molar-refractivity contribution in [3.63, 3.8) is 0 Å². The lowest BCUT2D eigenvalue weighted by molar-refractivity contribution is 0.152. The molecule has 0 aromatic carbocycles. The Hall–Kier alpha value is -0.0800. The van der Waals surface area contributed by atoms with E-state index in [2.05, 4.69) is 17.3 Å². The predicted octanol–water partition coefficient (Wildman–Crippen LogP) is 1.08. The van der Waals surface area contributed by atoms with E-state index in [1.54, 1.807) is 0 Å². The van der Waals surface area contributed by atoms with Gasteiger partial charge in [-0.25, -0.2) is 0 Å². The molecule has 0 radical (unpaired) electrons. The van der Waals surface area contributed by atoms with Crippen LogP contribution in [0.4, 0.5) is 0 Å². The van der Waals surface area contributed by atoms with Gasteiger partial charge in [-0.15, -0.1) is 0 Å². The fourth-order valence-corrected chi connectivity index (χ4v) is 2.78. The monoisotopic (exact) mass is 168 g/mol. The van der Waals surface area contributed by atoms with Gasteiger partial charge in [-0.2, -0.15) is 0 Å². The van der Waals surface area contributed by atoms with Crippen LogP contribution in [0.1, 0.15) is 25.7 Å². The molecule has 2 heteroatoms. The molecule has 0 aromatic heterocycles. The summed E-state index contributed by atoms with van der Waals surface area (Å²) in [7, 11) is 2.07. The molecule has 2 atom stereocenters. The normalized spacial score (nSPS) is 36.8. The lowest BCUT2D eigenvalue weighted by Crippen LogP contribution is -2.40. The van der Waals surface area contributed by atoms with Crippen LogP contribution in [0.15, 0.2) is 0 Å².